The number of carbonyl (C=O) groups excluding carboxylic acids is 1. The van der Waals surface area contributed by atoms with Gasteiger partial charge in [0.15, 0.2) is 5.78 Å². The summed E-state index contributed by atoms with van der Waals surface area (Å²) in [5.41, 5.74) is 3.44. The van der Waals surface area contributed by atoms with E-state index in [1.165, 1.54) is 0 Å². The third kappa shape index (κ3) is 4.67. The van der Waals surface area contributed by atoms with Crippen LogP contribution in [0.3, 0.4) is 0 Å². The molecule has 1 aromatic rings. The van der Waals surface area contributed by atoms with Gasteiger partial charge in [0.2, 0.25) is 0 Å². The number of hydrogen-bond donors (Lipinski definition) is 0. The van der Waals surface area contributed by atoms with Crippen LogP contribution in [0.15, 0.2) is 18.2 Å². The molecule has 3 nitrogen and oxygen atoms in total. The standard InChI is InChI=1S/C14H20O3/c1-11-5-4-6-12(2)14(11)9-13(15)10-17-8-7-16-3/h4-6H,7-10H2,1-3H3. The Hall–Kier alpha value is -1.19. The molecule has 0 aliphatic rings. The van der Waals surface area contributed by atoms with Crippen molar-refractivity contribution in [1.29, 1.82) is 0 Å². The molecule has 0 heterocycles. The number of benzene rings is 1. The largest absolute Gasteiger partial charge is 0.382 e. The van der Waals surface area contributed by atoms with Gasteiger partial charge < -0.3 is 9.47 Å². The highest BCUT2D eigenvalue weighted by Gasteiger charge is 2.08. The molecule has 0 aliphatic carbocycles. The van der Waals surface area contributed by atoms with Crippen molar-refractivity contribution in [3.63, 3.8) is 0 Å². The third-order valence-electron chi connectivity index (χ3n) is 2.71. The second-order valence-corrected chi connectivity index (χ2v) is 4.13. The van der Waals surface area contributed by atoms with E-state index in [9.17, 15) is 4.79 Å². The lowest BCUT2D eigenvalue weighted by atomic mass is 9.98. The molecule has 0 radical (unpaired) electrons. The lowest BCUT2D eigenvalue weighted by Crippen LogP contribution is -2.15. The van der Waals surface area contributed by atoms with Crippen LogP contribution in [0.2, 0.25) is 0 Å². The first kappa shape index (κ1) is 13.9. The molecule has 17 heavy (non-hydrogen) atoms. The summed E-state index contributed by atoms with van der Waals surface area (Å²) in [6.45, 7) is 5.21. The molecule has 0 bridgehead atoms. The van der Waals surface area contributed by atoms with Crippen molar-refractivity contribution < 1.29 is 14.3 Å². The zero-order valence-electron chi connectivity index (χ0n) is 10.8. The second-order valence-electron chi connectivity index (χ2n) is 4.13. The maximum atomic E-state index is 11.7. The van der Waals surface area contributed by atoms with Crippen LogP contribution in [0.4, 0.5) is 0 Å². The molecule has 3 heteroatoms. The topological polar surface area (TPSA) is 35.5 Å². The van der Waals surface area contributed by atoms with Crippen LogP contribution >= 0.6 is 0 Å². The van der Waals surface area contributed by atoms with Gasteiger partial charge in [-0.25, -0.2) is 0 Å². The molecule has 0 fully saturated rings. The fourth-order valence-corrected chi connectivity index (χ4v) is 1.70. The van der Waals surface area contributed by atoms with Gasteiger partial charge in [0, 0.05) is 13.5 Å². The molecule has 0 amide bonds. The van der Waals surface area contributed by atoms with Crippen molar-refractivity contribution >= 4 is 5.78 Å². The number of Topliss-reactive ketones (excluding diaryl/α,β-unsaturated/α-hetero) is 1. The smallest absolute Gasteiger partial charge is 0.162 e. The van der Waals surface area contributed by atoms with E-state index in [4.69, 9.17) is 9.47 Å². The summed E-state index contributed by atoms with van der Waals surface area (Å²) in [5.74, 6) is 0.110. The molecule has 0 spiro atoms. The molecule has 0 aliphatic heterocycles. The molecular formula is C14H20O3. The van der Waals surface area contributed by atoms with Crippen molar-refractivity contribution in [2.75, 3.05) is 26.9 Å². The fraction of sp³-hybridized carbons (Fsp3) is 0.500. The lowest BCUT2D eigenvalue weighted by molar-refractivity contribution is -0.123. The Balaban J connectivity index is 2.45. The quantitative estimate of drug-likeness (QED) is 0.680. The lowest BCUT2D eigenvalue weighted by Gasteiger charge is -2.09. The highest BCUT2D eigenvalue weighted by atomic mass is 16.5. The Morgan fingerprint density at radius 2 is 1.82 bits per heavy atom. The third-order valence-corrected chi connectivity index (χ3v) is 2.71. The van der Waals surface area contributed by atoms with Crippen LogP contribution in [0.1, 0.15) is 16.7 Å². The summed E-state index contributed by atoms with van der Waals surface area (Å²) in [7, 11) is 1.61. The van der Waals surface area contributed by atoms with E-state index in [0.717, 1.165) is 16.7 Å². The Morgan fingerprint density at radius 3 is 2.41 bits per heavy atom. The maximum absolute atomic E-state index is 11.7. The van der Waals surface area contributed by atoms with Crippen LogP contribution in [-0.2, 0) is 20.7 Å². The molecular weight excluding hydrogens is 216 g/mol. The SMILES string of the molecule is COCCOCC(=O)Cc1c(C)cccc1C. The summed E-state index contributed by atoms with van der Waals surface area (Å²) >= 11 is 0. The van der Waals surface area contributed by atoms with E-state index in [0.29, 0.717) is 19.6 Å². The Kier molecular flexibility index (Phi) is 5.87. The maximum Gasteiger partial charge on any atom is 0.162 e. The van der Waals surface area contributed by atoms with Crippen molar-refractivity contribution in [3.05, 3.63) is 34.9 Å². The monoisotopic (exact) mass is 236 g/mol. The van der Waals surface area contributed by atoms with Gasteiger partial charge in [0.1, 0.15) is 6.61 Å². The second kappa shape index (κ2) is 7.20. The number of hydrogen-bond acceptors (Lipinski definition) is 3. The molecule has 0 atom stereocenters. The normalized spacial score (nSPS) is 10.5. The molecule has 0 saturated heterocycles. The van der Waals surface area contributed by atoms with Gasteiger partial charge >= 0.3 is 0 Å². The minimum Gasteiger partial charge on any atom is -0.382 e. The van der Waals surface area contributed by atoms with E-state index in [-0.39, 0.29) is 12.4 Å². The number of methoxy groups -OCH3 is 1. The van der Waals surface area contributed by atoms with Crippen LogP contribution in [0.5, 0.6) is 0 Å². The van der Waals surface area contributed by atoms with Crippen LogP contribution < -0.4 is 0 Å². The molecule has 0 saturated carbocycles. The Morgan fingerprint density at radius 1 is 1.18 bits per heavy atom. The van der Waals surface area contributed by atoms with Crippen molar-refractivity contribution in [1.82, 2.24) is 0 Å². The minimum atomic E-state index is 0.110. The Labute approximate surface area is 103 Å². The number of aryl methyl sites for hydroxylation is 2. The molecule has 0 N–H and O–H groups in total. The first-order valence-electron chi connectivity index (χ1n) is 5.78. The van der Waals surface area contributed by atoms with Gasteiger partial charge in [-0.05, 0) is 30.5 Å². The predicted molar refractivity (Wildman–Crippen MR) is 67.3 cm³/mol. The van der Waals surface area contributed by atoms with E-state index >= 15 is 0 Å². The van der Waals surface area contributed by atoms with Gasteiger partial charge in [-0.2, -0.15) is 0 Å². The summed E-state index contributed by atoms with van der Waals surface area (Å²) in [6, 6.07) is 6.07. The van der Waals surface area contributed by atoms with Crippen molar-refractivity contribution in [3.8, 4) is 0 Å². The summed E-state index contributed by atoms with van der Waals surface area (Å²) in [5, 5.41) is 0. The van der Waals surface area contributed by atoms with Gasteiger partial charge in [0.05, 0.1) is 13.2 Å². The van der Waals surface area contributed by atoms with Gasteiger partial charge in [0.25, 0.3) is 0 Å². The predicted octanol–water partition coefficient (Wildman–Crippen LogP) is 2.08. The highest BCUT2D eigenvalue weighted by molar-refractivity contribution is 5.82. The Bertz CT molecular complexity index is 351. The molecule has 1 rings (SSSR count). The summed E-state index contributed by atoms with van der Waals surface area (Å²) in [6.07, 6.45) is 0.450. The average Bonchev–Trinajstić information content (AvgIpc) is 2.30. The highest BCUT2D eigenvalue weighted by Crippen LogP contribution is 2.14. The van der Waals surface area contributed by atoms with E-state index in [2.05, 4.69) is 0 Å². The average molecular weight is 236 g/mol. The van der Waals surface area contributed by atoms with E-state index in [1.54, 1.807) is 7.11 Å². The van der Waals surface area contributed by atoms with E-state index in [1.807, 2.05) is 32.0 Å². The van der Waals surface area contributed by atoms with E-state index < -0.39 is 0 Å². The van der Waals surface area contributed by atoms with Crippen LogP contribution in [-0.4, -0.2) is 32.7 Å². The molecule has 0 aromatic heterocycles. The first-order valence-corrected chi connectivity index (χ1v) is 5.78. The van der Waals surface area contributed by atoms with Gasteiger partial charge in [-0.1, -0.05) is 18.2 Å². The summed E-state index contributed by atoms with van der Waals surface area (Å²) in [4.78, 5) is 11.7. The molecule has 94 valence electrons. The van der Waals surface area contributed by atoms with Crippen LogP contribution in [0.25, 0.3) is 0 Å². The van der Waals surface area contributed by atoms with Crippen LogP contribution in [0, 0.1) is 13.8 Å². The number of rotatable bonds is 7. The minimum absolute atomic E-state index is 0.110. The zero-order valence-corrected chi connectivity index (χ0v) is 10.8. The van der Waals surface area contributed by atoms with Crippen molar-refractivity contribution in [2.24, 2.45) is 0 Å². The van der Waals surface area contributed by atoms with Gasteiger partial charge in [-0.15, -0.1) is 0 Å². The summed E-state index contributed by atoms with van der Waals surface area (Å²) < 4.78 is 10.1. The number of ketones is 1. The zero-order chi connectivity index (χ0) is 12.7. The van der Waals surface area contributed by atoms with Crippen molar-refractivity contribution in [2.45, 2.75) is 20.3 Å². The molecule has 0 unspecified atom stereocenters. The number of carbonyl (C=O) groups is 1. The number of ether oxygens (including phenoxy) is 2. The fourth-order valence-electron chi connectivity index (χ4n) is 1.70. The molecule has 1 aromatic carbocycles. The first-order chi connectivity index (χ1) is 8.15. The van der Waals surface area contributed by atoms with Gasteiger partial charge in [-0.3, -0.25) is 4.79 Å².